The van der Waals surface area contributed by atoms with E-state index in [-0.39, 0.29) is 0 Å². The molecule has 1 aliphatic carbocycles. The second-order valence-corrected chi connectivity index (χ2v) is 7.58. The normalized spacial score (nSPS) is 17.8. The molecule has 1 saturated heterocycles. The van der Waals surface area contributed by atoms with Crippen molar-refractivity contribution in [2.24, 2.45) is 0 Å². The van der Waals surface area contributed by atoms with Crippen molar-refractivity contribution >= 4 is 17.7 Å². The molecular weight excluding hydrogens is 304 g/mol. The van der Waals surface area contributed by atoms with E-state index in [1.54, 1.807) is 0 Å². The summed E-state index contributed by atoms with van der Waals surface area (Å²) in [6.45, 7) is 2.28. The SMILES string of the molecule is c1ccc(CCCSc2nnc(N3CCCC3)n2C2CC2)cc1. The Labute approximate surface area is 142 Å². The van der Waals surface area contributed by atoms with Gasteiger partial charge in [0.2, 0.25) is 5.95 Å². The van der Waals surface area contributed by atoms with Crippen LogP contribution in [0.1, 0.15) is 43.7 Å². The number of aryl methyl sites for hydroxylation is 1. The summed E-state index contributed by atoms with van der Waals surface area (Å²) in [4.78, 5) is 2.42. The number of rotatable bonds is 7. The first-order chi connectivity index (χ1) is 11.4. The molecule has 0 amide bonds. The van der Waals surface area contributed by atoms with E-state index in [1.807, 2.05) is 11.8 Å². The van der Waals surface area contributed by atoms with E-state index < -0.39 is 0 Å². The summed E-state index contributed by atoms with van der Waals surface area (Å²) < 4.78 is 2.42. The van der Waals surface area contributed by atoms with Crippen LogP contribution in [0.2, 0.25) is 0 Å². The molecule has 2 heterocycles. The van der Waals surface area contributed by atoms with Gasteiger partial charge in [0.25, 0.3) is 0 Å². The molecule has 1 aromatic carbocycles. The first kappa shape index (κ1) is 15.1. The molecule has 1 aliphatic heterocycles. The quantitative estimate of drug-likeness (QED) is 0.569. The van der Waals surface area contributed by atoms with Crippen LogP contribution in [-0.4, -0.2) is 33.6 Å². The van der Waals surface area contributed by atoms with E-state index in [0.717, 1.165) is 36.4 Å². The van der Waals surface area contributed by atoms with Crippen LogP contribution in [0.5, 0.6) is 0 Å². The van der Waals surface area contributed by atoms with Crippen molar-refractivity contribution in [3.05, 3.63) is 35.9 Å². The summed E-state index contributed by atoms with van der Waals surface area (Å²) >= 11 is 1.88. The monoisotopic (exact) mass is 328 g/mol. The van der Waals surface area contributed by atoms with Gasteiger partial charge in [-0.3, -0.25) is 4.57 Å². The topological polar surface area (TPSA) is 34.0 Å². The standard InChI is InChI=1S/C18H24N4S/c1-2-7-15(8-3-1)9-6-14-23-18-20-19-17(21-12-4-5-13-21)22(18)16-10-11-16/h1-3,7-8,16H,4-6,9-14H2. The second kappa shape index (κ2) is 6.95. The summed E-state index contributed by atoms with van der Waals surface area (Å²) in [5.41, 5.74) is 1.43. The van der Waals surface area contributed by atoms with Gasteiger partial charge >= 0.3 is 0 Å². The minimum absolute atomic E-state index is 0.650. The zero-order valence-corrected chi connectivity index (χ0v) is 14.3. The molecule has 1 saturated carbocycles. The average molecular weight is 328 g/mol. The zero-order chi connectivity index (χ0) is 15.5. The molecule has 0 bridgehead atoms. The highest BCUT2D eigenvalue weighted by Crippen LogP contribution is 2.41. The molecule has 2 aliphatic rings. The molecule has 5 heteroatoms. The Hall–Kier alpha value is -1.49. The zero-order valence-electron chi connectivity index (χ0n) is 13.5. The summed E-state index contributed by atoms with van der Waals surface area (Å²) in [6.07, 6.45) is 7.48. The Balaban J connectivity index is 1.37. The van der Waals surface area contributed by atoms with Crippen molar-refractivity contribution in [3.63, 3.8) is 0 Å². The van der Waals surface area contributed by atoms with E-state index in [9.17, 15) is 0 Å². The van der Waals surface area contributed by atoms with Gasteiger partial charge in [0.1, 0.15) is 0 Å². The molecule has 0 unspecified atom stereocenters. The van der Waals surface area contributed by atoms with E-state index in [2.05, 4.69) is 50.0 Å². The lowest BCUT2D eigenvalue weighted by atomic mass is 10.1. The molecule has 122 valence electrons. The van der Waals surface area contributed by atoms with Crippen LogP contribution in [-0.2, 0) is 6.42 Å². The van der Waals surface area contributed by atoms with Crippen LogP contribution < -0.4 is 4.90 Å². The van der Waals surface area contributed by atoms with E-state index in [1.165, 1.54) is 37.7 Å². The molecule has 0 radical (unpaired) electrons. The molecule has 4 rings (SSSR count). The summed E-state index contributed by atoms with van der Waals surface area (Å²) in [6, 6.07) is 11.4. The van der Waals surface area contributed by atoms with Crippen LogP contribution in [0.4, 0.5) is 5.95 Å². The first-order valence-corrected chi connectivity index (χ1v) is 9.77. The third kappa shape index (κ3) is 3.55. The molecule has 2 aromatic rings. The van der Waals surface area contributed by atoms with Gasteiger partial charge in [-0.1, -0.05) is 42.1 Å². The van der Waals surface area contributed by atoms with Crippen LogP contribution in [0.15, 0.2) is 35.5 Å². The van der Waals surface area contributed by atoms with Crippen LogP contribution in [0.25, 0.3) is 0 Å². The van der Waals surface area contributed by atoms with Gasteiger partial charge in [0, 0.05) is 24.9 Å². The minimum Gasteiger partial charge on any atom is -0.341 e. The smallest absolute Gasteiger partial charge is 0.228 e. The Morgan fingerprint density at radius 1 is 1.04 bits per heavy atom. The number of nitrogens with zero attached hydrogens (tertiary/aromatic N) is 4. The maximum absolute atomic E-state index is 4.51. The molecular formula is C18H24N4S. The lowest BCUT2D eigenvalue weighted by molar-refractivity contribution is 0.651. The van der Waals surface area contributed by atoms with Crippen molar-refractivity contribution in [2.45, 2.75) is 49.7 Å². The third-order valence-corrected chi connectivity index (χ3v) is 5.66. The number of thioether (sulfide) groups is 1. The second-order valence-electron chi connectivity index (χ2n) is 6.52. The maximum atomic E-state index is 4.51. The first-order valence-electron chi connectivity index (χ1n) is 8.78. The fourth-order valence-electron chi connectivity index (χ4n) is 3.24. The predicted octanol–water partition coefficient (Wildman–Crippen LogP) is 3.94. The van der Waals surface area contributed by atoms with Crippen molar-refractivity contribution in [2.75, 3.05) is 23.7 Å². The Bertz CT molecular complexity index is 630. The highest BCUT2D eigenvalue weighted by atomic mass is 32.2. The van der Waals surface area contributed by atoms with E-state index in [0.29, 0.717) is 6.04 Å². The summed E-state index contributed by atoms with van der Waals surface area (Å²) in [7, 11) is 0. The van der Waals surface area contributed by atoms with Crippen molar-refractivity contribution in [1.82, 2.24) is 14.8 Å². The maximum Gasteiger partial charge on any atom is 0.228 e. The fraction of sp³-hybridized carbons (Fsp3) is 0.556. The Kier molecular flexibility index (Phi) is 4.55. The molecule has 2 fully saturated rings. The molecule has 1 aromatic heterocycles. The van der Waals surface area contributed by atoms with Crippen molar-refractivity contribution in [1.29, 1.82) is 0 Å². The fourth-order valence-corrected chi connectivity index (χ4v) is 4.18. The predicted molar refractivity (Wildman–Crippen MR) is 95.2 cm³/mol. The highest BCUT2D eigenvalue weighted by molar-refractivity contribution is 7.99. The highest BCUT2D eigenvalue weighted by Gasteiger charge is 2.32. The van der Waals surface area contributed by atoms with Gasteiger partial charge in [0.05, 0.1) is 0 Å². The Morgan fingerprint density at radius 3 is 2.57 bits per heavy atom. The van der Waals surface area contributed by atoms with Crippen molar-refractivity contribution < 1.29 is 0 Å². The molecule has 0 N–H and O–H groups in total. The number of aromatic nitrogens is 3. The minimum atomic E-state index is 0.650. The lowest BCUT2D eigenvalue weighted by Gasteiger charge is -2.17. The molecule has 0 atom stereocenters. The van der Waals surface area contributed by atoms with E-state index in [4.69, 9.17) is 0 Å². The number of anilines is 1. The van der Waals surface area contributed by atoms with Gasteiger partial charge in [-0.15, -0.1) is 10.2 Å². The third-order valence-electron chi connectivity index (χ3n) is 4.63. The summed E-state index contributed by atoms with van der Waals surface area (Å²) in [5.74, 6) is 2.23. The Morgan fingerprint density at radius 2 is 1.83 bits per heavy atom. The summed E-state index contributed by atoms with van der Waals surface area (Å²) in [5, 5.41) is 10.1. The lowest BCUT2D eigenvalue weighted by Crippen LogP contribution is -2.22. The van der Waals surface area contributed by atoms with Crippen molar-refractivity contribution in [3.8, 4) is 0 Å². The van der Waals surface area contributed by atoms with E-state index >= 15 is 0 Å². The average Bonchev–Trinajstić information content (AvgIpc) is 3.11. The van der Waals surface area contributed by atoms with Gasteiger partial charge in [0.15, 0.2) is 5.16 Å². The number of benzene rings is 1. The number of hydrogen-bond acceptors (Lipinski definition) is 4. The number of hydrogen-bond donors (Lipinski definition) is 0. The van der Waals surface area contributed by atoms with Gasteiger partial charge in [-0.05, 0) is 44.1 Å². The molecule has 23 heavy (non-hydrogen) atoms. The largest absolute Gasteiger partial charge is 0.341 e. The van der Waals surface area contributed by atoms with Crippen LogP contribution in [0.3, 0.4) is 0 Å². The molecule has 4 nitrogen and oxygen atoms in total. The van der Waals surface area contributed by atoms with Crippen LogP contribution >= 0.6 is 11.8 Å². The van der Waals surface area contributed by atoms with Gasteiger partial charge in [-0.25, -0.2) is 0 Å². The van der Waals surface area contributed by atoms with Crippen LogP contribution in [0, 0.1) is 0 Å². The van der Waals surface area contributed by atoms with Gasteiger partial charge < -0.3 is 4.90 Å². The molecule has 0 spiro atoms. The van der Waals surface area contributed by atoms with Gasteiger partial charge in [-0.2, -0.15) is 0 Å².